The third-order valence-electron chi connectivity index (χ3n) is 3.03. The number of benzene rings is 1. The molecule has 0 aliphatic carbocycles. The Balaban J connectivity index is 1.92. The zero-order chi connectivity index (χ0) is 14.1. The molecule has 0 bridgehead atoms. The van der Waals surface area contributed by atoms with Crippen molar-refractivity contribution in [3.8, 4) is 0 Å². The quantitative estimate of drug-likeness (QED) is 0.785. The van der Waals surface area contributed by atoms with Crippen LogP contribution in [0.5, 0.6) is 0 Å². The van der Waals surface area contributed by atoms with E-state index in [0.29, 0.717) is 11.4 Å². The first-order valence-corrected chi connectivity index (χ1v) is 6.77. The number of pyridine rings is 1. The minimum atomic E-state index is -0.115. The van der Waals surface area contributed by atoms with Gasteiger partial charge in [-0.3, -0.25) is 9.69 Å². The predicted molar refractivity (Wildman–Crippen MR) is 80.8 cm³/mol. The normalized spacial score (nSPS) is 10.7. The van der Waals surface area contributed by atoms with Crippen LogP contribution in [0, 0.1) is 0 Å². The van der Waals surface area contributed by atoms with Crippen LogP contribution in [0.25, 0.3) is 11.0 Å². The Labute approximate surface area is 123 Å². The Bertz CT molecular complexity index is 766. The maximum Gasteiger partial charge on any atom is 0.259 e. The summed E-state index contributed by atoms with van der Waals surface area (Å²) in [4.78, 5) is 25.3. The van der Waals surface area contributed by atoms with Gasteiger partial charge in [0.25, 0.3) is 5.91 Å². The molecule has 0 atom stereocenters. The van der Waals surface area contributed by atoms with Crippen LogP contribution in [0.1, 0.15) is 10.4 Å². The van der Waals surface area contributed by atoms with Crippen molar-refractivity contribution < 1.29 is 4.79 Å². The lowest BCUT2D eigenvalue weighted by Crippen LogP contribution is -2.26. The molecule has 1 amide bonds. The monoisotopic (exact) mass is 330 g/mol. The summed E-state index contributed by atoms with van der Waals surface area (Å²) in [7, 11) is 1.70. The number of hydrogen-bond acceptors (Lipinski definition) is 3. The van der Waals surface area contributed by atoms with Crippen molar-refractivity contribution in [3.63, 3.8) is 0 Å². The fraction of sp³-hybridized carbons (Fsp3) is 0.0714. The number of amides is 1. The van der Waals surface area contributed by atoms with Crippen molar-refractivity contribution in [2.45, 2.75) is 0 Å². The van der Waals surface area contributed by atoms with E-state index in [-0.39, 0.29) is 5.91 Å². The van der Waals surface area contributed by atoms with Crippen LogP contribution in [-0.2, 0) is 0 Å². The zero-order valence-electron chi connectivity index (χ0n) is 10.7. The van der Waals surface area contributed by atoms with Crippen LogP contribution in [0.2, 0.25) is 0 Å². The van der Waals surface area contributed by atoms with Gasteiger partial charge in [-0.1, -0.05) is 0 Å². The highest BCUT2D eigenvalue weighted by molar-refractivity contribution is 9.10. The highest BCUT2D eigenvalue weighted by Crippen LogP contribution is 2.18. The number of carbonyl (C=O) groups is 1. The summed E-state index contributed by atoms with van der Waals surface area (Å²) in [6.45, 7) is 0. The molecule has 0 spiro atoms. The molecule has 1 N–H and O–H groups in total. The van der Waals surface area contributed by atoms with Crippen molar-refractivity contribution >= 4 is 38.7 Å². The fourth-order valence-corrected chi connectivity index (χ4v) is 2.17. The minimum Gasteiger partial charge on any atom is -0.345 e. The largest absolute Gasteiger partial charge is 0.345 e. The molecular formula is C14H11BrN4O. The first kappa shape index (κ1) is 12.8. The summed E-state index contributed by atoms with van der Waals surface area (Å²) in [6, 6.07) is 9.02. The maximum atomic E-state index is 12.4. The molecule has 6 heteroatoms. The van der Waals surface area contributed by atoms with E-state index >= 15 is 0 Å². The number of nitrogens with zero attached hydrogens (tertiary/aromatic N) is 3. The highest BCUT2D eigenvalue weighted by Gasteiger charge is 2.15. The number of carbonyl (C=O) groups excluding carboxylic acids is 1. The summed E-state index contributed by atoms with van der Waals surface area (Å²) < 4.78 is 0.876. The van der Waals surface area contributed by atoms with Crippen LogP contribution >= 0.6 is 15.9 Å². The molecule has 0 aliphatic heterocycles. The summed E-state index contributed by atoms with van der Waals surface area (Å²) >= 11 is 3.32. The van der Waals surface area contributed by atoms with Crippen molar-refractivity contribution in [3.05, 3.63) is 52.9 Å². The van der Waals surface area contributed by atoms with Gasteiger partial charge in [-0.15, -0.1) is 0 Å². The number of anilines is 1. The number of halogens is 1. The van der Waals surface area contributed by atoms with Gasteiger partial charge in [-0.25, -0.2) is 9.97 Å². The van der Waals surface area contributed by atoms with E-state index in [2.05, 4.69) is 30.9 Å². The number of aromatic nitrogens is 3. The van der Waals surface area contributed by atoms with Crippen LogP contribution in [0.15, 0.2) is 47.3 Å². The van der Waals surface area contributed by atoms with E-state index in [1.54, 1.807) is 37.8 Å². The number of aromatic amines is 1. The summed E-state index contributed by atoms with van der Waals surface area (Å²) in [5, 5.41) is 0. The van der Waals surface area contributed by atoms with Gasteiger partial charge in [-0.2, -0.15) is 0 Å². The molecule has 3 rings (SSSR count). The predicted octanol–water partition coefficient (Wildman–Crippen LogP) is 3.00. The lowest BCUT2D eigenvalue weighted by molar-refractivity contribution is 0.0992. The molecule has 20 heavy (non-hydrogen) atoms. The number of rotatable bonds is 2. The van der Waals surface area contributed by atoms with Crippen LogP contribution in [-0.4, -0.2) is 27.9 Å². The van der Waals surface area contributed by atoms with Crippen LogP contribution < -0.4 is 4.90 Å². The molecule has 2 aromatic heterocycles. The molecule has 0 aliphatic rings. The smallest absolute Gasteiger partial charge is 0.259 e. The molecule has 0 fully saturated rings. The minimum absolute atomic E-state index is 0.115. The second-order valence-corrected chi connectivity index (χ2v) is 5.25. The summed E-state index contributed by atoms with van der Waals surface area (Å²) in [5.41, 5.74) is 2.27. The Hall–Kier alpha value is -2.21. The van der Waals surface area contributed by atoms with Gasteiger partial charge in [0.05, 0.1) is 17.4 Å². The number of H-pyrrole nitrogens is 1. The summed E-state index contributed by atoms with van der Waals surface area (Å²) in [6.07, 6.45) is 3.27. The first-order valence-electron chi connectivity index (χ1n) is 5.98. The van der Waals surface area contributed by atoms with Gasteiger partial charge in [0.1, 0.15) is 5.82 Å². The Morgan fingerprint density at radius 3 is 2.85 bits per heavy atom. The van der Waals surface area contributed by atoms with E-state index in [4.69, 9.17) is 0 Å². The van der Waals surface area contributed by atoms with Gasteiger partial charge in [-0.05, 0) is 46.3 Å². The highest BCUT2D eigenvalue weighted by atomic mass is 79.9. The summed E-state index contributed by atoms with van der Waals surface area (Å²) in [5.74, 6) is 0.485. The van der Waals surface area contributed by atoms with Crippen molar-refractivity contribution in [2.24, 2.45) is 0 Å². The van der Waals surface area contributed by atoms with Gasteiger partial charge in [0.15, 0.2) is 0 Å². The SMILES string of the molecule is CN(C(=O)c1ccc2nc[nH]c2c1)c1ccc(Br)cn1. The van der Waals surface area contributed by atoms with Crippen LogP contribution in [0.3, 0.4) is 0 Å². The zero-order valence-corrected chi connectivity index (χ0v) is 12.3. The van der Waals surface area contributed by atoms with E-state index < -0.39 is 0 Å². The second-order valence-electron chi connectivity index (χ2n) is 4.33. The number of imidazole rings is 1. The van der Waals surface area contributed by atoms with Gasteiger partial charge >= 0.3 is 0 Å². The maximum absolute atomic E-state index is 12.4. The Kier molecular flexibility index (Phi) is 3.23. The average Bonchev–Trinajstić information content (AvgIpc) is 2.94. The Morgan fingerprint density at radius 2 is 2.10 bits per heavy atom. The molecule has 0 saturated heterocycles. The third-order valence-corrected chi connectivity index (χ3v) is 3.50. The van der Waals surface area contributed by atoms with Crippen molar-refractivity contribution in [1.82, 2.24) is 15.0 Å². The molecule has 100 valence electrons. The van der Waals surface area contributed by atoms with E-state index in [1.807, 2.05) is 12.1 Å². The van der Waals surface area contributed by atoms with Gasteiger partial charge < -0.3 is 4.98 Å². The van der Waals surface area contributed by atoms with E-state index in [9.17, 15) is 4.79 Å². The third kappa shape index (κ3) is 2.30. The van der Waals surface area contributed by atoms with Gasteiger partial charge in [0, 0.05) is 23.3 Å². The number of fused-ring (bicyclic) bond motifs is 1. The van der Waals surface area contributed by atoms with Crippen molar-refractivity contribution in [2.75, 3.05) is 11.9 Å². The lowest BCUT2D eigenvalue weighted by atomic mass is 10.2. The van der Waals surface area contributed by atoms with Crippen molar-refractivity contribution in [1.29, 1.82) is 0 Å². The van der Waals surface area contributed by atoms with E-state index in [1.165, 1.54) is 4.90 Å². The molecule has 0 unspecified atom stereocenters. The van der Waals surface area contributed by atoms with E-state index in [0.717, 1.165) is 15.5 Å². The number of nitrogens with one attached hydrogen (secondary N) is 1. The second kappa shape index (κ2) is 5.05. The average molecular weight is 331 g/mol. The molecule has 0 radical (unpaired) electrons. The fourth-order valence-electron chi connectivity index (χ4n) is 1.93. The molecule has 5 nitrogen and oxygen atoms in total. The topological polar surface area (TPSA) is 61.9 Å². The Morgan fingerprint density at radius 1 is 1.25 bits per heavy atom. The molecule has 2 heterocycles. The van der Waals surface area contributed by atoms with Crippen LogP contribution in [0.4, 0.5) is 5.82 Å². The number of hydrogen-bond donors (Lipinski definition) is 1. The van der Waals surface area contributed by atoms with Gasteiger partial charge in [0.2, 0.25) is 0 Å². The molecule has 0 saturated carbocycles. The molecular weight excluding hydrogens is 320 g/mol. The standard InChI is InChI=1S/C14H11BrN4O/c1-19(13-5-3-10(15)7-16-13)14(20)9-2-4-11-12(6-9)18-8-17-11/h2-8H,1H3,(H,17,18). The molecule has 3 aromatic rings. The molecule has 1 aromatic carbocycles. The lowest BCUT2D eigenvalue weighted by Gasteiger charge is -2.16. The first-order chi connectivity index (χ1) is 9.65.